The van der Waals surface area contributed by atoms with E-state index in [-0.39, 0.29) is 17.5 Å². The van der Waals surface area contributed by atoms with Gasteiger partial charge in [0.2, 0.25) is 0 Å². The third kappa shape index (κ3) is 2.25. The van der Waals surface area contributed by atoms with E-state index in [2.05, 4.69) is 0 Å². The molecule has 0 spiro atoms. The van der Waals surface area contributed by atoms with E-state index >= 15 is 0 Å². The fraction of sp³-hybridized carbons (Fsp3) is 0.500. The maximum atomic E-state index is 13.8. The van der Waals surface area contributed by atoms with Gasteiger partial charge in [-0.15, -0.1) is 0 Å². The lowest BCUT2D eigenvalue weighted by Gasteiger charge is -2.36. The number of ether oxygens (including phenoxy) is 1. The molecule has 2 rings (SSSR count). The Balaban J connectivity index is 2.35. The molecule has 1 saturated heterocycles. The van der Waals surface area contributed by atoms with Crippen LogP contribution in [0.2, 0.25) is 0 Å². The van der Waals surface area contributed by atoms with Gasteiger partial charge in [-0.2, -0.15) is 0 Å². The maximum absolute atomic E-state index is 13.8. The van der Waals surface area contributed by atoms with Crippen LogP contribution in [0.1, 0.15) is 25.8 Å². The monoisotopic (exact) mass is 236 g/mol. The summed E-state index contributed by atoms with van der Waals surface area (Å²) in [5, 5.41) is 0. The summed E-state index contributed by atoms with van der Waals surface area (Å²) < 4.78 is 19.2. The molecule has 1 fully saturated rings. The van der Waals surface area contributed by atoms with Crippen LogP contribution in [0.5, 0.6) is 0 Å². The predicted molar refractivity (Wildman–Crippen MR) is 63.4 cm³/mol. The van der Waals surface area contributed by atoms with Crippen LogP contribution < -0.4 is 0 Å². The summed E-state index contributed by atoms with van der Waals surface area (Å²) in [7, 11) is 0. The Morgan fingerprint density at radius 2 is 2.06 bits per heavy atom. The van der Waals surface area contributed by atoms with Crippen molar-refractivity contribution < 1.29 is 13.9 Å². The van der Waals surface area contributed by atoms with Gasteiger partial charge in [0.15, 0.2) is 0 Å². The zero-order valence-electron chi connectivity index (χ0n) is 10.2. The molecule has 17 heavy (non-hydrogen) atoms. The molecule has 1 aromatic carbocycles. The van der Waals surface area contributed by atoms with Gasteiger partial charge >= 0.3 is 0 Å². The third-order valence-corrected chi connectivity index (χ3v) is 3.61. The van der Waals surface area contributed by atoms with Crippen molar-refractivity contribution >= 4 is 5.78 Å². The van der Waals surface area contributed by atoms with Crippen molar-refractivity contribution in [1.29, 1.82) is 0 Å². The van der Waals surface area contributed by atoms with E-state index < -0.39 is 5.41 Å². The van der Waals surface area contributed by atoms with Crippen LogP contribution in [0.25, 0.3) is 0 Å². The van der Waals surface area contributed by atoms with Crippen LogP contribution >= 0.6 is 0 Å². The third-order valence-electron chi connectivity index (χ3n) is 3.61. The highest BCUT2D eigenvalue weighted by atomic mass is 19.1. The van der Waals surface area contributed by atoms with Crippen LogP contribution in [-0.4, -0.2) is 19.0 Å². The highest BCUT2D eigenvalue weighted by molar-refractivity contribution is 5.83. The van der Waals surface area contributed by atoms with Crippen molar-refractivity contribution in [3.05, 3.63) is 35.6 Å². The zero-order valence-corrected chi connectivity index (χ0v) is 10.2. The molecule has 3 heteroatoms. The Hall–Kier alpha value is -1.22. The number of halogens is 1. The largest absolute Gasteiger partial charge is 0.380 e. The quantitative estimate of drug-likeness (QED) is 0.789. The van der Waals surface area contributed by atoms with Crippen molar-refractivity contribution in [2.45, 2.75) is 25.7 Å². The first-order valence-corrected chi connectivity index (χ1v) is 5.89. The summed E-state index contributed by atoms with van der Waals surface area (Å²) in [6.07, 6.45) is 0.433. The molecule has 2 nitrogen and oxygen atoms in total. The predicted octanol–water partition coefficient (Wildman–Crippen LogP) is 2.71. The summed E-state index contributed by atoms with van der Waals surface area (Å²) in [6, 6.07) is 6.64. The second kappa shape index (κ2) is 4.57. The summed E-state index contributed by atoms with van der Waals surface area (Å²) >= 11 is 0. The van der Waals surface area contributed by atoms with E-state index in [0.29, 0.717) is 25.2 Å². The van der Waals surface area contributed by atoms with Crippen molar-refractivity contribution in [3.8, 4) is 0 Å². The Labute approximate surface area is 101 Å². The minimum atomic E-state index is -0.525. The number of Topliss-reactive ketones (excluding diaryl/α,β-unsaturated/α-hetero) is 1. The second-order valence-corrected chi connectivity index (χ2v) is 5.05. The first-order valence-electron chi connectivity index (χ1n) is 5.89. The van der Waals surface area contributed by atoms with Gasteiger partial charge in [-0.25, -0.2) is 4.39 Å². The van der Waals surface area contributed by atoms with Crippen molar-refractivity contribution in [1.82, 2.24) is 0 Å². The number of hydrogen-bond acceptors (Lipinski definition) is 2. The molecular weight excluding hydrogens is 219 g/mol. The van der Waals surface area contributed by atoms with E-state index in [4.69, 9.17) is 4.74 Å². The first kappa shape index (κ1) is 12.2. The van der Waals surface area contributed by atoms with Crippen LogP contribution in [0.15, 0.2) is 24.3 Å². The Morgan fingerprint density at radius 3 is 2.71 bits per heavy atom. The number of hydrogen-bond donors (Lipinski definition) is 0. The molecule has 1 aliphatic heterocycles. The van der Waals surface area contributed by atoms with Crippen LogP contribution in [-0.2, 0) is 14.9 Å². The average molecular weight is 236 g/mol. The molecule has 92 valence electrons. The first-order chi connectivity index (χ1) is 8.03. The van der Waals surface area contributed by atoms with Crippen LogP contribution in [0.4, 0.5) is 4.39 Å². The minimum Gasteiger partial charge on any atom is -0.380 e. The van der Waals surface area contributed by atoms with Gasteiger partial charge in [-0.1, -0.05) is 32.0 Å². The standard InChI is InChI=1S/C14H17FO2/c1-14(2,10-5-3-4-6-12(10)15)11-9-17-8-7-13(11)16/h3-6,11H,7-9H2,1-2H3/t11-/m0/s1. The molecule has 0 aliphatic carbocycles. The van der Waals surface area contributed by atoms with Crippen LogP contribution in [0.3, 0.4) is 0 Å². The molecule has 1 aliphatic rings. The fourth-order valence-corrected chi connectivity index (χ4v) is 2.42. The van der Waals surface area contributed by atoms with E-state index in [9.17, 15) is 9.18 Å². The zero-order chi connectivity index (χ0) is 12.5. The highest BCUT2D eigenvalue weighted by Gasteiger charge is 2.39. The Kier molecular flexibility index (Phi) is 3.29. The molecular formula is C14H17FO2. The summed E-state index contributed by atoms with van der Waals surface area (Å²) in [6.45, 7) is 4.69. The van der Waals surface area contributed by atoms with Gasteiger partial charge in [0, 0.05) is 11.8 Å². The van der Waals surface area contributed by atoms with Crippen LogP contribution in [0, 0.1) is 11.7 Å². The van der Waals surface area contributed by atoms with Gasteiger partial charge in [0.05, 0.1) is 19.1 Å². The summed E-state index contributed by atoms with van der Waals surface area (Å²) in [5.41, 5.74) is 0.0619. The molecule has 1 atom stereocenters. The fourth-order valence-electron chi connectivity index (χ4n) is 2.42. The lowest BCUT2D eigenvalue weighted by Crippen LogP contribution is -2.41. The normalized spacial score (nSPS) is 21.6. The number of carbonyl (C=O) groups is 1. The van der Waals surface area contributed by atoms with Gasteiger partial charge in [-0.05, 0) is 11.6 Å². The lowest BCUT2D eigenvalue weighted by molar-refractivity contribution is -0.133. The van der Waals surface area contributed by atoms with Crippen molar-refractivity contribution in [2.75, 3.05) is 13.2 Å². The highest BCUT2D eigenvalue weighted by Crippen LogP contribution is 2.36. The average Bonchev–Trinajstić information content (AvgIpc) is 2.29. The lowest BCUT2D eigenvalue weighted by atomic mass is 9.70. The number of carbonyl (C=O) groups excluding carboxylic acids is 1. The van der Waals surface area contributed by atoms with Gasteiger partial charge in [0.25, 0.3) is 0 Å². The van der Waals surface area contributed by atoms with Gasteiger partial charge in [-0.3, -0.25) is 4.79 Å². The molecule has 0 amide bonds. The Bertz CT molecular complexity index is 426. The van der Waals surface area contributed by atoms with E-state index in [1.807, 2.05) is 13.8 Å². The molecule has 0 saturated carbocycles. The molecule has 0 unspecified atom stereocenters. The molecule has 0 N–H and O–H groups in total. The maximum Gasteiger partial charge on any atom is 0.141 e. The molecule has 0 bridgehead atoms. The molecule has 1 heterocycles. The second-order valence-electron chi connectivity index (χ2n) is 5.05. The molecule has 0 aromatic heterocycles. The summed E-state index contributed by atoms with van der Waals surface area (Å²) in [5.74, 6) is -0.339. The molecule has 0 radical (unpaired) electrons. The minimum absolute atomic E-state index is 0.171. The van der Waals surface area contributed by atoms with E-state index in [1.54, 1.807) is 18.2 Å². The SMILES string of the molecule is CC(C)(c1ccccc1F)[C@H]1COCCC1=O. The van der Waals surface area contributed by atoms with Crippen molar-refractivity contribution in [2.24, 2.45) is 5.92 Å². The Morgan fingerprint density at radius 1 is 1.35 bits per heavy atom. The molecule has 1 aromatic rings. The van der Waals surface area contributed by atoms with Crippen molar-refractivity contribution in [3.63, 3.8) is 0 Å². The van der Waals surface area contributed by atoms with Gasteiger partial charge < -0.3 is 4.74 Å². The summed E-state index contributed by atoms with van der Waals surface area (Å²) in [4.78, 5) is 11.9. The van der Waals surface area contributed by atoms with Gasteiger partial charge in [0.1, 0.15) is 11.6 Å². The topological polar surface area (TPSA) is 26.3 Å². The van der Waals surface area contributed by atoms with E-state index in [0.717, 1.165) is 0 Å². The van der Waals surface area contributed by atoms with E-state index in [1.165, 1.54) is 6.07 Å². The number of rotatable bonds is 2. The number of benzene rings is 1. The smallest absolute Gasteiger partial charge is 0.141 e. The number of ketones is 1.